The quantitative estimate of drug-likeness (QED) is 0.703. The van der Waals surface area contributed by atoms with Crippen LogP contribution >= 0.6 is 15.9 Å². The molecule has 134 valence electrons. The number of fused-ring (bicyclic) bond motifs is 1. The molecule has 7 heteroatoms. The highest BCUT2D eigenvalue weighted by atomic mass is 79.9. The lowest BCUT2D eigenvalue weighted by Gasteiger charge is -2.26. The first-order valence-electron chi connectivity index (χ1n) is 8.29. The van der Waals surface area contributed by atoms with Crippen molar-refractivity contribution in [2.75, 3.05) is 13.7 Å². The second-order valence-corrected chi connectivity index (χ2v) is 7.22. The Morgan fingerprint density at radius 1 is 1.28 bits per heavy atom. The molecule has 0 radical (unpaired) electrons. The number of esters is 2. The number of ether oxygens (including phenoxy) is 2. The normalized spacial score (nSPS) is 20.4. The van der Waals surface area contributed by atoms with E-state index in [1.54, 1.807) is 12.1 Å². The standard InChI is InChI=1S/C18H20BrNO5/c1-10(21)24-9-11-3-5-12(6-4-11)17-20-15-7-13(18(22)23-2)14(19)8-16(15)25-17/h7-8,11-12H,3-6,9H2,1-2H3. The number of hydrogen-bond donors (Lipinski definition) is 0. The Morgan fingerprint density at radius 3 is 2.64 bits per heavy atom. The molecule has 1 aromatic carbocycles. The molecular formula is C18H20BrNO5. The molecular weight excluding hydrogens is 390 g/mol. The number of carbonyl (C=O) groups excluding carboxylic acids is 2. The van der Waals surface area contributed by atoms with Crippen molar-refractivity contribution in [3.63, 3.8) is 0 Å². The zero-order valence-electron chi connectivity index (χ0n) is 14.2. The van der Waals surface area contributed by atoms with Crippen molar-refractivity contribution in [1.29, 1.82) is 0 Å². The Labute approximate surface area is 154 Å². The van der Waals surface area contributed by atoms with Crippen LogP contribution in [0.1, 0.15) is 54.8 Å². The van der Waals surface area contributed by atoms with Crippen LogP contribution in [0.5, 0.6) is 0 Å². The van der Waals surface area contributed by atoms with Crippen LogP contribution < -0.4 is 0 Å². The lowest BCUT2D eigenvalue weighted by atomic mass is 9.82. The van der Waals surface area contributed by atoms with Crippen LogP contribution in [0.3, 0.4) is 0 Å². The lowest BCUT2D eigenvalue weighted by molar-refractivity contribution is -0.142. The van der Waals surface area contributed by atoms with Crippen LogP contribution in [0.4, 0.5) is 0 Å². The maximum Gasteiger partial charge on any atom is 0.339 e. The van der Waals surface area contributed by atoms with Crippen LogP contribution in [0.2, 0.25) is 0 Å². The van der Waals surface area contributed by atoms with Gasteiger partial charge in [0.05, 0.1) is 19.3 Å². The highest BCUT2D eigenvalue weighted by Crippen LogP contribution is 2.37. The summed E-state index contributed by atoms with van der Waals surface area (Å²) in [6, 6.07) is 3.44. The zero-order chi connectivity index (χ0) is 18.0. The fourth-order valence-electron chi connectivity index (χ4n) is 3.22. The number of oxazole rings is 1. The zero-order valence-corrected chi connectivity index (χ0v) is 15.8. The molecule has 0 spiro atoms. The molecule has 0 saturated heterocycles. The van der Waals surface area contributed by atoms with Gasteiger partial charge in [0.25, 0.3) is 0 Å². The van der Waals surface area contributed by atoms with E-state index in [1.807, 2.05) is 0 Å². The molecule has 0 bridgehead atoms. The van der Waals surface area contributed by atoms with Crippen LogP contribution in [-0.2, 0) is 14.3 Å². The molecule has 3 rings (SSSR count). The van der Waals surface area contributed by atoms with Crippen LogP contribution in [-0.4, -0.2) is 30.6 Å². The van der Waals surface area contributed by atoms with Gasteiger partial charge < -0.3 is 13.9 Å². The van der Waals surface area contributed by atoms with E-state index in [0.29, 0.717) is 39.6 Å². The molecule has 1 heterocycles. The number of nitrogens with zero attached hydrogens (tertiary/aromatic N) is 1. The van der Waals surface area contributed by atoms with Gasteiger partial charge in [-0.15, -0.1) is 0 Å². The van der Waals surface area contributed by atoms with Gasteiger partial charge in [-0.1, -0.05) is 0 Å². The summed E-state index contributed by atoms with van der Waals surface area (Å²) in [5.74, 6) is 0.721. The first-order valence-corrected chi connectivity index (χ1v) is 9.09. The predicted molar refractivity (Wildman–Crippen MR) is 94.4 cm³/mol. The van der Waals surface area contributed by atoms with Crippen molar-refractivity contribution in [3.8, 4) is 0 Å². The van der Waals surface area contributed by atoms with E-state index in [9.17, 15) is 9.59 Å². The summed E-state index contributed by atoms with van der Waals surface area (Å²) in [7, 11) is 1.35. The maximum absolute atomic E-state index is 11.8. The molecule has 25 heavy (non-hydrogen) atoms. The number of methoxy groups -OCH3 is 1. The second kappa shape index (κ2) is 7.56. The van der Waals surface area contributed by atoms with E-state index in [2.05, 4.69) is 20.9 Å². The number of aromatic nitrogens is 1. The fraction of sp³-hybridized carbons (Fsp3) is 0.500. The summed E-state index contributed by atoms with van der Waals surface area (Å²) in [5, 5.41) is 0. The average molecular weight is 410 g/mol. The van der Waals surface area contributed by atoms with Gasteiger partial charge in [-0.3, -0.25) is 4.79 Å². The predicted octanol–water partition coefficient (Wildman–Crippen LogP) is 4.21. The van der Waals surface area contributed by atoms with Crippen LogP contribution in [0.15, 0.2) is 21.0 Å². The van der Waals surface area contributed by atoms with E-state index >= 15 is 0 Å². The summed E-state index contributed by atoms with van der Waals surface area (Å²) in [5.41, 5.74) is 1.73. The van der Waals surface area contributed by atoms with Crippen LogP contribution in [0.25, 0.3) is 11.1 Å². The number of halogens is 1. The van der Waals surface area contributed by atoms with Gasteiger partial charge in [-0.2, -0.15) is 0 Å². The highest BCUT2D eigenvalue weighted by molar-refractivity contribution is 9.10. The number of carbonyl (C=O) groups is 2. The molecule has 0 N–H and O–H groups in total. The van der Waals surface area contributed by atoms with Crippen molar-refractivity contribution >= 4 is 39.0 Å². The Balaban J connectivity index is 1.72. The van der Waals surface area contributed by atoms with Crippen molar-refractivity contribution in [1.82, 2.24) is 4.98 Å². The molecule has 1 aliphatic rings. The molecule has 1 aliphatic carbocycles. The number of rotatable bonds is 4. The van der Waals surface area contributed by atoms with Gasteiger partial charge in [-0.25, -0.2) is 9.78 Å². The molecule has 1 saturated carbocycles. The molecule has 1 aromatic heterocycles. The monoisotopic (exact) mass is 409 g/mol. The molecule has 1 fully saturated rings. The minimum atomic E-state index is -0.413. The molecule has 0 aliphatic heterocycles. The summed E-state index contributed by atoms with van der Waals surface area (Å²) >= 11 is 3.37. The fourth-order valence-corrected chi connectivity index (χ4v) is 3.70. The molecule has 6 nitrogen and oxygen atoms in total. The third-order valence-corrected chi connectivity index (χ3v) is 5.27. The highest BCUT2D eigenvalue weighted by Gasteiger charge is 2.27. The molecule has 0 unspecified atom stereocenters. The van der Waals surface area contributed by atoms with E-state index in [-0.39, 0.29) is 11.9 Å². The SMILES string of the molecule is COC(=O)c1cc2nc(C3CCC(COC(C)=O)CC3)oc2cc1Br. The van der Waals surface area contributed by atoms with Crippen molar-refractivity contribution in [3.05, 3.63) is 28.1 Å². The van der Waals surface area contributed by atoms with E-state index in [0.717, 1.165) is 25.7 Å². The Hall–Kier alpha value is -1.89. The van der Waals surface area contributed by atoms with Crippen LogP contribution in [0, 0.1) is 5.92 Å². The molecule has 2 aromatic rings. The van der Waals surface area contributed by atoms with Gasteiger partial charge in [0.2, 0.25) is 0 Å². The number of benzene rings is 1. The lowest BCUT2D eigenvalue weighted by Crippen LogP contribution is -2.19. The van der Waals surface area contributed by atoms with Gasteiger partial charge in [0.1, 0.15) is 5.52 Å². The van der Waals surface area contributed by atoms with Gasteiger partial charge in [0, 0.05) is 17.3 Å². The minimum absolute atomic E-state index is 0.229. The largest absolute Gasteiger partial charge is 0.466 e. The number of hydrogen-bond acceptors (Lipinski definition) is 6. The third kappa shape index (κ3) is 4.03. The first-order chi connectivity index (χ1) is 12.0. The summed E-state index contributed by atoms with van der Waals surface area (Å²) in [6.45, 7) is 1.93. The maximum atomic E-state index is 11.8. The average Bonchev–Trinajstić information content (AvgIpc) is 3.01. The van der Waals surface area contributed by atoms with Gasteiger partial charge in [-0.05, 0) is 59.7 Å². The molecule has 0 atom stereocenters. The molecule has 0 amide bonds. The van der Waals surface area contributed by atoms with Crippen molar-refractivity contribution in [2.45, 2.75) is 38.5 Å². The summed E-state index contributed by atoms with van der Waals surface area (Å²) in [4.78, 5) is 27.3. The van der Waals surface area contributed by atoms with Crippen molar-refractivity contribution < 1.29 is 23.5 Å². The summed E-state index contributed by atoms with van der Waals surface area (Å²) in [6.07, 6.45) is 3.86. The van der Waals surface area contributed by atoms with Gasteiger partial charge in [0.15, 0.2) is 11.5 Å². The van der Waals surface area contributed by atoms with Crippen molar-refractivity contribution in [2.24, 2.45) is 5.92 Å². The Bertz CT molecular complexity index is 792. The van der Waals surface area contributed by atoms with Gasteiger partial charge >= 0.3 is 11.9 Å². The second-order valence-electron chi connectivity index (χ2n) is 6.36. The Kier molecular flexibility index (Phi) is 5.42. The Morgan fingerprint density at radius 2 is 2.00 bits per heavy atom. The van der Waals surface area contributed by atoms with E-state index in [1.165, 1.54) is 14.0 Å². The van der Waals surface area contributed by atoms with E-state index in [4.69, 9.17) is 13.9 Å². The smallest absolute Gasteiger partial charge is 0.339 e. The minimum Gasteiger partial charge on any atom is -0.466 e. The summed E-state index contributed by atoms with van der Waals surface area (Å²) < 4.78 is 16.4. The van der Waals surface area contributed by atoms with E-state index < -0.39 is 5.97 Å². The third-order valence-electron chi connectivity index (χ3n) is 4.62. The topological polar surface area (TPSA) is 78.6 Å². The first kappa shape index (κ1) is 17.9.